The SMILES string of the molecule is O=C(O)C(F)(F)F.Oc1ccn2cc(-c3ccccc3O)nc2n1. The van der Waals surface area contributed by atoms with E-state index in [1.54, 1.807) is 35.0 Å². The van der Waals surface area contributed by atoms with E-state index in [0.29, 0.717) is 17.0 Å². The quantitative estimate of drug-likeness (QED) is 0.627. The van der Waals surface area contributed by atoms with Crippen LogP contribution < -0.4 is 0 Å². The van der Waals surface area contributed by atoms with Crippen molar-refractivity contribution in [3.8, 4) is 22.9 Å². The van der Waals surface area contributed by atoms with Crippen molar-refractivity contribution in [1.82, 2.24) is 14.4 Å². The predicted molar refractivity (Wildman–Crippen MR) is 75.4 cm³/mol. The summed E-state index contributed by atoms with van der Waals surface area (Å²) in [7, 11) is 0. The number of carbonyl (C=O) groups is 1. The summed E-state index contributed by atoms with van der Waals surface area (Å²) in [5.41, 5.74) is 1.25. The van der Waals surface area contributed by atoms with Gasteiger partial charge in [0, 0.05) is 24.0 Å². The molecule has 0 aliphatic heterocycles. The van der Waals surface area contributed by atoms with Gasteiger partial charge in [-0.15, -0.1) is 0 Å². The largest absolute Gasteiger partial charge is 0.507 e. The first kappa shape index (κ1) is 17.1. The lowest BCUT2D eigenvalue weighted by Crippen LogP contribution is -2.21. The molecule has 24 heavy (non-hydrogen) atoms. The fourth-order valence-electron chi connectivity index (χ4n) is 1.68. The molecule has 2 aromatic heterocycles. The van der Waals surface area contributed by atoms with Gasteiger partial charge in [-0.1, -0.05) is 12.1 Å². The summed E-state index contributed by atoms with van der Waals surface area (Å²) in [5, 5.41) is 26.1. The summed E-state index contributed by atoms with van der Waals surface area (Å²) in [6.07, 6.45) is -1.68. The number of rotatable bonds is 1. The van der Waals surface area contributed by atoms with Crippen LogP contribution in [0.3, 0.4) is 0 Å². The van der Waals surface area contributed by atoms with E-state index in [1.165, 1.54) is 6.07 Å². The minimum absolute atomic E-state index is 0.0769. The van der Waals surface area contributed by atoms with E-state index in [2.05, 4.69) is 9.97 Å². The second kappa shape index (κ2) is 6.44. The van der Waals surface area contributed by atoms with Crippen molar-refractivity contribution in [3.63, 3.8) is 0 Å². The standard InChI is InChI=1S/C12H9N3O2.C2HF3O2/c16-10-4-2-1-3-8(10)9-7-15-6-5-11(17)14-12(15)13-9;3-2(4,5)1(6)7/h1-7,16H,(H,13,14,17);(H,6,7). The number of carboxylic acid groups (broad SMARTS) is 1. The van der Waals surface area contributed by atoms with Crippen LogP contribution in [0.25, 0.3) is 17.0 Å². The number of carboxylic acids is 1. The van der Waals surface area contributed by atoms with Crippen molar-refractivity contribution >= 4 is 11.7 Å². The molecule has 0 unspecified atom stereocenters. The monoisotopic (exact) mass is 341 g/mol. The number of benzene rings is 1. The Bertz CT molecular complexity index is 877. The molecule has 0 atom stereocenters. The molecule has 7 nitrogen and oxygen atoms in total. The lowest BCUT2D eigenvalue weighted by atomic mass is 10.1. The molecule has 0 aliphatic rings. The second-order valence-corrected chi connectivity index (χ2v) is 4.44. The van der Waals surface area contributed by atoms with E-state index in [4.69, 9.17) is 9.90 Å². The van der Waals surface area contributed by atoms with E-state index in [0.717, 1.165) is 0 Å². The van der Waals surface area contributed by atoms with Crippen molar-refractivity contribution in [2.45, 2.75) is 6.18 Å². The number of imidazole rings is 1. The number of phenols is 1. The number of fused-ring (bicyclic) bond motifs is 1. The van der Waals surface area contributed by atoms with Gasteiger partial charge in [0.2, 0.25) is 11.7 Å². The van der Waals surface area contributed by atoms with Gasteiger partial charge in [-0.3, -0.25) is 4.40 Å². The first-order valence-electron chi connectivity index (χ1n) is 6.31. The highest BCUT2D eigenvalue weighted by atomic mass is 19.4. The minimum atomic E-state index is -5.08. The molecule has 2 heterocycles. The molecule has 1 aromatic carbocycles. The maximum Gasteiger partial charge on any atom is 0.490 e. The Morgan fingerprint density at radius 2 is 1.71 bits per heavy atom. The number of hydrogen-bond donors (Lipinski definition) is 3. The number of nitrogens with zero attached hydrogens (tertiary/aromatic N) is 3. The third kappa shape index (κ3) is 3.91. The zero-order chi connectivity index (χ0) is 17.9. The number of phenolic OH excluding ortho intramolecular Hbond substituents is 1. The molecule has 3 rings (SSSR count). The van der Waals surface area contributed by atoms with Crippen LogP contribution in [0.4, 0.5) is 13.2 Å². The molecule has 126 valence electrons. The Hall–Kier alpha value is -3.30. The molecule has 3 aromatic rings. The molecule has 10 heteroatoms. The number of aliphatic carboxylic acids is 1. The van der Waals surface area contributed by atoms with Crippen LogP contribution in [0.2, 0.25) is 0 Å². The van der Waals surface area contributed by atoms with Crippen molar-refractivity contribution in [2.75, 3.05) is 0 Å². The van der Waals surface area contributed by atoms with Gasteiger partial charge in [0.15, 0.2) is 0 Å². The smallest absolute Gasteiger partial charge is 0.490 e. The van der Waals surface area contributed by atoms with Crippen molar-refractivity contribution in [2.24, 2.45) is 0 Å². The first-order chi connectivity index (χ1) is 11.2. The third-order valence-electron chi connectivity index (χ3n) is 2.73. The lowest BCUT2D eigenvalue weighted by molar-refractivity contribution is -0.192. The summed E-state index contributed by atoms with van der Waals surface area (Å²) in [6, 6.07) is 8.42. The van der Waals surface area contributed by atoms with Crippen LogP contribution in [0, 0.1) is 0 Å². The van der Waals surface area contributed by atoms with Crippen LogP contribution in [-0.2, 0) is 4.79 Å². The highest BCUT2D eigenvalue weighted by Crippen LogP contribution is 2.27. The van der Waals surface area contributed by atoms with Gasteiger partial charge < -0.3 is 15.3 Å². The molecule has 0 bridgehead atoms. The molecule has 0 saturated heterocycles. The van der Waals surface area contributed by atoms with Gasteiger partial charge in [0.25, 0.3) is 0 Å². The summed E-state index contributed by atoms with van der Waals surface area (Å²) in [6.45, 7) is 0. The molecular weight excluding hydrogens is 331 g/mol. The van der Waals surface area contributed by atoms with E-state index < -0.39 is 12.1 Å². The maximum absolute atomic E-state index is 10.6. The van der Waals surface area contributed by atoms with E-state index in [-0.39, 0.29) is 11.6 Å². The third-order valence-corrected chi connectivity index (χ3v) is 2.73. The molecule has 0 saturated carbocycles. The van der Waals surface area contributed by atoms with Crippen molar-refractivity contribution in [1.29, 1.82) is 0 Å². The van der Waals surface area contributed by atoms with Crippen LogP contribution in [0.5, 0.6) is 11.6 Å². The fraction of sp³-hybridized carbons (Fsp3) is 0.0714. The normalized spacial score (nSPS) is 11.0. The fourth-order valence-corrected chi connectivity index (χ4v) is 1.68. The van der Waals surface area contributed by atoms with Crippen LogP contribution in [0.15, 0.2) is 42.7 Å². The molecule has 0 amide bonds. The van der Waals surface area contributed by atoms with E-state index >= 15 is 0 Å². The maximum atomic E-state index is 10.6. The Morgan fingerprint density at radius 1 is 1.08 bits per heavy atom. The number of aromatic nitrogens is 3. The van der Waals surface area contributed by atoms with Gasteiger partial charge in [0.05, 0.1) is 5.69 Å². The molecule has 0 spiro atoms. The van der Waals surface area contributed by atoms with Gasteiger partial charge in [-0.05, 0) is 12.1 Å². The average molecular weight is 341 g/mol. The summed E-state index contributed by atoms with van der Waals surface area (Å²) in [4.78, 5) is 17.0. The molecule has 0 radical (unpaired) electrons. The van der Waals surface area contributed by atoms with Crippen LogP contribution in [-0.4, -0.2) is 41.8 Å². The minimum Gasteiger partial charge on any atom is -0.507 e. The molecule has 3 N–H and O–H groups in total. The number of alkyl halides is 3. The number of para-hydroxylation sites is 1. The Kier molecular flexibility index (Phi) is 4.58. The number of hydrogen-bond acceptors (Lipinski definition) is 5. The zero-order valence-corrected chi connectivity index (χ0v) is 11.8. The predicted octanol–water partition coefficient (Wildman–Crippen LogP) is 2.44. The first-order valence-corrected chi connectivity index (χ1v) is 6.31. The molecular formula is C14H10F3N3O4. The zero-order valence-electron chi connectivity index (χ0n) is 11.8. The molecule has 0 aliphatic carbocycles. The second-order valence-electron chi connectivity index (χ2n) is 4.44. The topological polar surface area (TPSA) is 108 Å². The summed E-state index contributed by atoms with van der Waals surface area (Å²) < 4.78 is 33.4. The number of halogens is 3. The van der Waals surface area contributed by atoms with Crippen LogP contribution in [0.1, 0.15) is 0 Å². The highest BCUT2D eigenvalue weighted by Gasteiger charge is 2.38. The average Bonchev–Trinajstić information content (AvgIpc) is 2.90. The van der Waals surface area contributed by atoms with Gasteiger partial charge in [0.1, 0.15) is 5.75 Å². The van der Waals surface area contributed by atoms with Crippen molar-refractivity contribution < 1.29 is 33.3 Å². The Morgan fingerprint density at radius 3 is 2.29 bits per heavy atom. The Labute approximate surface area is 132 Å². The van der Waals surface area contributed by atoms with E-state index in [1.807, 2.05) is 6.07 Å². The lowest BCUT2D eigenvalue weighted by Gasteiger charge is -1.98. The van der Waals surface area contributed by atoms with Gasteiger partial charge in [-0.25, -0.2) is 9.78 Å². The Balaban J connectivity index is 0.000000256. The van der Waals surface area contributed by atoms with Gasteiger partial charge in [-0.2, -0.15) is 18.2 Å². The highest BCUT2D eigenvalue weighted by molar-refractivity contribution is 5.73. The number of aromatic hydroxyl groups is 2. The summed E-state index contributed by atoms with van der Waals surface area (Å²) in [5.74, 6) is -2.28. The van der Waals surface area contributed by atoms with Gasteiger partial charge >= 0.3 is 12.1 Å². The summed E-state index contributed by atoms with van der Waals surface area (Å²) >= 11 is 0. The van der Waals surface area contributed by atoms with Crippen molar-refractivity contribution in [3.05, 3.63) is 42.7 Å². The van der Waals surface area contributed by atoms with Crippen LogP contribution >= 0.6 is 0 Å². The van der Waals surface area contributed by atoms with E-state index in [9.17, 15) is 23.4 Å². The molecule has 0 fully saturated rings.